The van der Waals surface area contributed by atoms with E-state index >= 15 is 0 Å². The van der Waals surface area contributed by atoms with E-state index in [-0.39, 0.29) is 17.6 Å². The van der Waals surface area contributed by atoms with Crippen molar-refractivity contribution in [2.45, 2.75) is 70.5 Å². The molecule has 1 aliphatic carbocycles. The topological polar surface area (TPSA) is 53.0 Å². The van der Waals surface area contributed by atoms with Crippen LogP contribution in [0.15, 0.2) is 0 Å². The van der Waals surface area contributed by atoms with E-state index in [4.69, 9.17) is 4.74 Å². The molecule has 1 spiro atoms. The number of carbonyl (C=O) groups is 1. The second-order valence-corrected chi connectivity index (χ2v) is 7.85. The molecule has 5 heteroatoms. The molecule has 3 rings (SSSR count). The third-order valence-electron chi connectivity index (χ3n) is 6.46. The highest BCUT2D eigenvalue weighted by Gasteiger charge is 2.56. The lowest BCUT2D eigenvalue weighted by Gasteiger charge is -2.56. The molecule has 1 amide bonds. The maximum Gasteiger partial charge on any atom is 0.236 e. The summed E-state index contributed by atoms with van der Waals surface area (Å²) in [6, 6.07) is 0. The van der Waals surface area contributed by atoms with E-state index in [9.17, 15) is 9.90 Å². The highest BCUT2D eigenvalue weighted by atomic mass is 16.5. The predicted molar refractivity (Wildman–Crippen MR) is 93.8 cm³/mol. The Morgan fingerprint density at radius 3 is 2.29 bits per heavy atom. The van der Waals surface area contributed by atoms with Gasteiger partial charge < -0.3 is 14.7 Å². The molecule has 24 heavy (non-hydrogen) atoms. The first kappa shape index (κ1) is 18.2. The SMILES string of the molecule is CCOC1CC(O)C12CCN(CC(=O)N1CCCCCCC1)CC2. The van der Waals surface area contributed by atoms with E-state index in [0.29, 0.717) is 12.5 Å². The number of amides is 1. The van der Waals surface area contributed by atoms with Crippen molar-refractivity contribution in [3.63, 3.8) is 0 Å². The van der Waals surface area contributed by atoms with Gasteiger partial charge in [0.25, 0.3) is 0 Å². The molecule has 0 aromatic heterocycles. The first-order valence-electron chi connectivity index (χ1n) is 9.95. The zero-order valence-corrected chi connectivity index (χ0v) is 15.2. The second kappa shape index (κ2) is 8.15. The molecule has 2 unspecified atom stereocenters. The van der Waals surface area contributed by atoms with Gasteiger partial charge in [-0.05, 0) is 45.7 Å². The van der Waals surface area contributed by atoms with Crippen molar-refractivity contribution < 1.29 is 14.6 Å². The number of rotatable bonds is 4. The number of aliphatic hydroxyl groups excluding tert-OH is 1. The molecular weight excluding hydrogens is 304 g/mol. The molecule has 2 heterocycles. The molecule has 2 atom stereocenters. The average molecular weight is 338 g/mol. The van der Waals surface area contributed by atoms with Crippen LogP contribution in [0, 0.1) is 5.41 Å². The molecule has 2 saturated heterocycles. The van der Waals surface area contributed by atoms with Crippen LogP contribution < -0.4 is 0 Å². The lowest BCUT2D eigenvalue weighted by atomic mass is 9.58. The number of carbonyl (C=O) groups excluding carboxylic acids is 1. The van der Waals surface area contributed by atoms with Crippen molar-refractivity contribution in [1.29, 1.82) is 0 Å². The largest absolute Gasteiger partial charge is 0.392 e. The minimum Gasteiger partial charge on any atom is -0.392 e. The summed E-state index contributed by atoms with van der Waals surface area (Å²) in [5, 5.41) is 10.3. The van der Waals surface area contributed by atoms with Crippen LogP contribution in [-0.4, -0.2) is 72.4 Å². The monoisotopic (exact) mass is 338 g/mol. The fourth-order valence-electron chi connectivity index (χ4n) is 4.73. The normalized spacial score (nSPS) is 31.3. The molecule has 3 fully saturated rings. The fraction of sp³-hybridized carbons (Fsp3) is 0.947. The van der Waals surface area contributed by atoms with Crippen LogP contribution in [0.1, 0.15) is 58.3 Å². The van der Waals surface area contributed by atoms with E-state index < -0.39 is 0 Å². The van der Waals surface area contributed by atoms with Crippen LogP contribution in [0.5, 0.6) is 0 Å². The lowest BCUT2D eigenvalue weighted by Crippen LogP contribution is -2.62. The lowest BCUT2D eigenvalue weighted by molar-refractivity contribution is -0.209. The Morgan fingerprint density at radius 1 is 1.08 bits per heavy atom. The number of ether oxygens (including phenoxy) is 1. The predicted octanol–water partition coefficient (Wildman–Crippen LogP) is 2.03. The van der Waals surface area contributed by atoms with Gasteiger partial charge in [0.2, 0.25) is 5.91 Å². The fourth-order valence-corrected chi connectivity index (χ4v) is 4.73. The Labute approximate surface area is 146 Å². The zero-order valence-electron chi connectivity index (χ0n) is 15.2. The van der Waals surface area contributed by atoms with Gasteiger partial charge in [0, 0.05) is 31.5 Å². The Bertz CT molecular complexity index is 411. The zero-order chi connectivity index (χ0) is 17.0. The summed E-state index contributed by atoms with van der Waals surface area (Å²) in [6.45, 7) is 6.96. The van der Waals surface area contributed by atoms with Gasteiger partial charge in [0.1, 0.15) is 0 Å². The summed E-state index contributed by atoms with van der Waals surface area (Å²) in [5.74, 6) is 0.295. The summed E-state index contributed by atoms with van der Waals surface area (Å²) in [4.78, 5) is 17.0. The van der Waals surface area contributed by atoms with Crippen LogP contribution >= 0.6 is 0 Å². The number of nitrogens with zero attached hydrogens (tertiary/aromatic N) is 2. The summed E-state index contributed by atoms with van der Waals surface area (Å²) >= 11 is 0. The third-order valence-corrected chi connectivity index (χ3v) is 6.46. The first-order chi connectivity index (χ1) is 11.7. The molecule has 138 valence electrons. The molecule has 0 bridgehead atoms. The van der Waals surface area contributed by atoms with Crippen molar-refractivity contribution in [2.75, 3.05) is 39.3 Å². The first-order valence-corrected chi connectivity index (χ1v) is 9.95. The van der Waals surface area contributed by atoms with E-state index in [0.717, 1.165) is 64.9 Å². The molecule has 0 radical (unpaired) electrons. The number of hydrogen-bond acceptors (Lipinski definition) is 4. The van der Waals surface area contributed by atoms with Crippen LogP contribution in [0.2, 0.25) is 0 Å². The van der Waals surface area contributed by atoms with Gasteiger partial charge in [-0.3, -0.25) is 9.69 Å². The summed E-state index contributed by atoms with van der Waals surface area (Å²) in [7, 11) is 0. The highest BCUT2D eigenvalue weighted by molar-refractivity contribution is 5.78. The number of likely N-dealkylation sites (tertiary alicyclic amines) is 2. The molecule has 0 aromatic rings. The highest BCUT2D eigenvalue weighted by Crippen LogP contribution is 2.50. The molecule has 0 aromatic carbocycles. The Morgan fingerprint density at radius 2 is 1.71 bits per heavy atom. The molecular formula is C19H34N2O3. The van der Waals surface area contributed by atoms with E-state index in [1.165, 1.54) is 19.3 Å². The average Bonchev–Trinajstić information content (AvgIpc) is 2.55. The van der Waals surface area contributed by atoms with Crippen LogP contribution in [0.4, 0.5) is 0 Å². The van der Waals surface area contributed by atoms with Crippen molar-refractivity contribution in [3.05, 3.63) is 0 Å². The standard InChI is InChI=1S/C19H34N2O3/c1-2-24-17-14-16(22)19(17)8-12-20(13-9-19)15-18(23)21-10-6-4-3-5-7-11-21/h16-17,22H,2-15H2,1H3. The van der Waals surface area contributed by atoms with Gasteiger partial charge in [-0.15, -0.1) is 0 Å². The number of hydrogen-bond donors (Lipinski definition) is 1. The molecule has 5 nitrogen and oxygen atoms in total. The van der Waals surface area contributed by atoms with Gasteiger partial charge in [-0.2, -0.15) is 0 Å². The van der Waals surface area contributed by atoms with Crippen molar-refractivity contribution in [1.82, 2.24) is 9.80 Å². The quantitative estimate of drug-likeness (QED) is 0.852. The molecule has 2 aliphatic heterocycles. The molecule has 1 N–H and O–H groups in total. The number of piperidine rings is 1. The van der Waals surface area contributed by atoms with E-state index in [1.807, 2.05) is 6.92 Å². The van der Waals surface area contributed by atoms with Crippen LogP contribution in [-0.2, 0) is 9.53 Å². The summed E-state index contributed by atoms with van der Waals surface area (Å²) < 4.78 is 5.83. The minimum atomic E-state index is -0.221. The van der Waals surface area contributed by atoms with Crippen LogP contribution in [0.3, 0.4) is 0 Å². The van der Waals surface area contributed by atoms with Crippen molar-refractivity contribution in [3.8, 4) is 0 Å². The smallest absolute Gasteiger partial charge is 0.236 e. The van der Waals surface area contributed by atoms with Gasteiger partial charge in [-0.25, -0.2) is 0 Å². The van der Waals surface area contributed by atoms with Gasteiger partial charge in [-0.1, -0.05) is 19.3 Å². The molecule has 1 saturated carbocycles. The Balaban J connectivity index is 1.47. The van der Waals surface area contributed by atoms with Crippen LogP contribution in [0.25, 0.3) is 0 Å². The third kappa shape index (κ3) is 3.78. The van der Waals surface area contributed by atoms with Crippen molar-refractivity contribution in [2.24, 2.45) is 5.41 Å². The Kier molecular flexibility index (Phi) is 6.17. The summed E-state index contributed by atoms with van der Waals surface area (Å²) in [6.07, 6.45) is 8.80. The maximum absolute atomic E-state index is 12.6. The van der Waals surface area contributed by atoms with Gasteiger partial charge in [0.05, 0.1) is 18.8 Å². The summed E-state index contributed by atoms with van der Waals surface area (Å²) in [5.41, 5.74) is -0.0456. The van der Waals surface area contributed by atoms with Gasteiger partial charge in [0.15, 0.2) is 0 Å². The molecule has 3 aliphatic rings. The van der Waals surface area contributed by atoms with Gasteiger partial charge >= 0.3 is 0 Å². The maximum atomic E-state index is 12.6. The van der Waals surface area contributed by atoms with Crippen molar-refractivity contribution >= 4 is 5.91 Å². The van der Waals surface area contributed by atoms with E-state index in [1.54, 1.807) is 0 Å². The second-order valence-electron chi connectivity index (χ2n) is 7.85. The number of aliphatic hydroxyl groups is 1. The Hall–Kier alpha value is -0.650. The minimum absolute atomic E-state index is 0.0456. The van der Waals surface area contributed by atoms with E-state index in [2.05, 4.69) is 9.80 Å².